The van der Waals surface area contributed by atoms with Crippen LogP contribution in [-0.4, -0.2) is 22.0 Å². The van der Waals surface area contributed by atoms with Crippen molar-refractivity contribution in [1.82, 2.24) is 15.2 Å². The normalized spacial score (nSPS) is 17.7. The first-order valence-electron chi connectivity index (χ1n) is 5.78. The molecule has 0 aliphatic carbocycles. The quantitative estimate of drug-likeness (QED) is 0.908. The largest absolute Gasteiger partial charge is 0.307 e. The lowest BCUT2D eigenvalue weighted by Crippen LogP contribution is -2.21. The molecule has 1 unspecified atom stereocenters. The molecule has 94 valence electrons. The van der Waals surface area contributed by atoms with Gasteiger partial charge in [-0.1, -0.05) is 23.7 Å². The lowest BCUT2D eigenvalue weighted by molar-refractivity contribution is 0.561. The summed E-state index contributed by atoms with van der Waals surface area (Å²) < 4.78 is 1.76. The number of nitrogens with zero attached hydrogens (tertiary/aromatic N) is 4. The summed E-state index contributed by atoms with van der Waals surface area (Å²) in [5.74, 6) is 0. The second-order valence-electron chi connectivity index (χ2n) is 4.20. The maximum absolute atomic E-state index is 8.84. The maximum Gasteiger partial charge on any atom is 0.115 e. The molecule has 1 aromatic heterocycles. The Bertz CT molecular complexity index is 665. The highest BCUT2D eigenvalue weighted by Crippen LogP contribution is 2.20. The number of nitriles is 1. The Hall–Kier alpha value is -2.32. The molecule has 0 saturated heterocycles. The Morgan fingerprint density at radius 1 is 1.37 bits per heavy atom. The van der Waals surface area contributed by atoms with Gasteiger partial charge in [0.25, 0.3) is 0 Å². The van der Waals surface area contributed by atoms with Gasteiger partial charge in [-0.2, -0.15) is 15.5 Å². The molecule has 0 radical (unpaired) electrons. The first-order valence-corrected chi connectivity index (χ1v) is 6.16. The Morgan fingerprint density at radius 3 is 2.84 bits per heavy atom. The molecule has 1 atom stereocenters. The number of nitrogens with one attached hydrogen (secondary N) is 1. The van der Waals surface area contributed by atoms with E-state index in [9.17, 15) is 0 Å². The van der Waals surface area contributed by atoms with Gasteiger partial charge in [0, 0.05) is 16.8 Å². The molecule has 0 bridgehead atoms. The standard InChI is InChI=1S/C13H10ClN5/c14-11-3-1-10(2-4-11)13-12(7-16-18-13)19-8-9(5-15)6-17-19/h1-4,6,8,12,16H,7H2. The van der Waals surface area contributed by atoms with Gasteiger partial charge in [0.1, 0.15) is 12.1 Å². The van der Waals surface area contributed by atoms with Crippen LogP contribution >= 0.6 is 11.6 Å². The topological polar surface area (TPSA) is 66.0 Å². The summed E-state index contributed by atoms with van der Waals surface area (Å²) >= 11 is 5.88. The van der Waals surface area contributed by atoms with E-state index in [2.05, 4.69) is 21.7 Å². The summed E-state index contributed by atoms with van der Waals surface area (Å²) in [7, 11) is 0. The molecule has 1 aliphatic rings. The molecule has 0 fully saturated rings. The average molecular weight is 272 g/mol. The molecule has 5 nitrogen and oxygen atoms in total. The first-order chi connectivity index (χ1) is 9.28. The Morgan fingerprint density at radius 2 is 2.16 bits per heavy atom. The van der Waals surface area contributed by atoms with Gasteiger partial charge >= 0.3 is 0 Å². The number of rotatable bonds is 2. The van der Waals surface area contributed by atoms with Crippen LogP contribution in [0.5, 0.6) is 0 Å². The van der Waals surface area contributed by atoms with E-state index in [-0.39, 0.29) is 6.04 Å². The van der Waals surface area contributed by atoms with Crippen LogP contribution in [0.15, 0.2) is 41.8 Å². The molecule has 6 heteroatoms. The average Bonchev–Trinajstić information content (AvgIpc) is 3.07. The highest BCUT2D eigenvalue weighted by molar-refractivity contribution is 6.30. The molecule has 0 saturated carbocycles. The Labute approximate surface area is 115 Å². The minimum absolute atomic E-state index is 0.0109. The lowest BCUT2D eigenvalue weighted by Gasteiger charge is -2.12. The van der Waals surface area contributed by atoms with Gasteiger partial charge in [0.05, 0.1) is 24.0 Å². The van der Waals surface area contributed by atoms with Gasteiger partial charge in [0.15, 0.2) is 0 Å². The molecular weight excluding hydrogens is 262 g/mol. The molecule has 19 heavy (non-hydrogen) atoms. The maximum atomic E-state index is 8.84. The van der Waals surface area contributed by atoms with Crippen LogP contribution in [0, 0.1) is 11.3 Å². The molecule has 2 heterocycles. The van der Waals surface area contributed by atoms with E-state index in [0.29, 0.717) is 17.1 Å². The SMILES string of the molecule is N#Cc1cnn(C2CNN=C2c2ccc(Cl)cc2)c1. The molecule has 1 aliphatic heterocycles. The van der Waals surface area contributed by atoms with Crippen molar-refractivity contribution in [2.75, 3.05) is 6.54 Å². The van der Waals surface area contributed by atoms with Crippen molar-refractivity contribution >= 4 is 17.3 Å². The lowest BCUT2D eigenvalue weighted by atomic mass is 10.0. The molecule has 0 spiro atoms. The molecule has 2 aromatic rings. The van der Waals surface area contributed by atoms with Crippen molar-refractivity contribution in [3.63, 3.8) is 0 Å². The second kappa shape index (κ2) is 4.75. The van der Waals surface area contributed by atoms with Crippen molar-refractivity contribution in [1.29, 1.82) is 5.26 Å². The fourth-order valence-corrected chi connectivity index (χ4v) is 2.18. The van der Waals surface area contributed by atoms with E-state index in [1.165, 1.54) is 0 Å². The zero-order valence-electron chi connectivity index (χ0n) is 9.92. The number of hydrogen-bond acceptors (Lipinski definition) is 4. The van der Waals surface area contributed by atoms with E-state index >= 15 is 0 Å². The van der Waals surface area contributed by atoms with Crippen molar-refractivity contribution in [3.8, 4) is 6.07 Å². The van der Waals surface area contributed by atoms with Gasteiger partial charge in [-0.15, -0.1) is 0 Å². The summed E-state index contributed by atoms with van der Waals surface area (Å²) in [5, 5.41) is 18.1. The zero-order valence-corrected chi connectivity index (χ0v) is 10.7. The van der Waals surface area contributed by atoms with E-state index in [4.69, 9.17) is 16.9 Å². The van der Waals surface area contributed by atoms with Crippen molar-refractivity contribution in [3.05, 3.63) is 52.8 Å². The molecule has 1 aromatic carbocycles. The number of benzene rings is 1. The minimum atomic E-state index is -0.0109. The van der Waals surface area contributed by atoms with Crippen LogP contribution in [0.3, 0.4) is 0 Å². The van der Waals surface area contributed by atoms with Crippen molar-refractivity contribution < 1.29 is 0 Å². The van der Waals surface area contributed by atoms with Crippen LogP contribution < -0.4 is 5.43 Å². The number of halogens is 1. The third kappa shape index (κ3) is 2.18. The van der Waals surface area contributed by atoms with Gasteiger partial charge in [-0.3, -0.25) is 4.68 Å². The van der Waals surface area contributed by atoms with E-state index < -0.39 is 0 Å². The Balaban J connectivity index is 1.93. The predicted molar refractivity (Wildman–Crippen MR) is 72.0 cm³/mol. The minimum Gasteiger partial charge on any atom is -0.307 e. The van der Waals surface area contributed by atoms with E-state index in [1.807, 2.05) is 24.3 Å². The van der Waals surface area contributed by atoms with Gasteiger partial charge < -0.3 is 5.43 Å². The van der Waals surface area contributed by atoms with Gasteiger partial charge in [-0.25, -0.2) is 0 Å². The van der Waals surface area contributed by atoms with Crippen LogP contribution in [0.2, 0.25) is 5.02 Å². The van der Waals surface area contributed by atoms with Gasteiger partial charge in [0.2, 0.25) is 0 Å². The highest BCUT2D eigenvalue weighted by atomic mass is 35.5. The van der Waals surface area contributed by atoms with Crippen LogP contribution in [0.25, 0.3) is 0 Å². The summed E-state index contributed by atoms with van der Waals surface area (Å²) in [5.41, 5.74) is 5.40. The van der Waals surface area contributed by atoms with E-state index in [1.54, 1.807) is 17.1 Å². The van der Waals surface area contributed by atoms with Crippen molar-refractivity contribution in [2.45, 2.75) is 6.04 Å². The van der Waals surface area contributed by atoms with Crippen LogP contribution in [-0.2, 0) is 0 Å². The summed E-state index contributed by atoms with van der Waals surface area (Å²) in [6, 6.07) is 9.58. The summed E-state index contributed by atoms with van der Waals surface area (Å²) in [4.78, 5) is 0. The summed E-state index contributed by atoms with van der Waals surface area (Å²) in [6.45, 7) is 0.657. The fraction of sp³-hybridized carbons (Fsp3) is 0.154. The first kappa shape index (κ1) is 11.8. The highest BCUT2D eigenvalue weighted by Gasteiger charge is 2.25. The molecular formula is C13H10ClN5. The van der Waals surface area contributed by atoms with Crippen molar-refractivity contribution in [2.24, 2.45) is 5.10 Å². The predicted octanol–water partition coefficient (Wildman–Crippen LogP) is 1.96. The number of aromatic nitrogens is 2. The third-order valence-electron chi connectivity index (χ3n) is 2.99. The fourth-order valence-electron chi connectivity index (χ4n) is 2.05. The number of hydrogen-bond donors (Lipinski definition) is 1. The molecule has 0 amide bonds. The molecule has 1 N–H and O–H groups in total. The molecule has 3 rings (SSSR count). The van der Waals surface area contributed by atoms with E-state index in [0.717, 1.165) is 11.3 Å². The smallest absolute Gasteiger partial charge is 0.115 e. The second-order valence-corrected chi connectivity index (χ2v) is 4.64. The zero-order chi connectivity index (χ0) is 13.2. The number of hydrazone groups is 1. The van der Waals surface area contributed by atoms with Crippen LogP contribution in [0.1, 0.15) is 17.2 Å². The third-order valence-corrected chi connectivity index (χ3v) is 3.24. The van der Waals surface area contributed by atoms with Crippen LogP contribution in [0.4, 0.5) is 0 Å². The Kier molecular flexibility index (Phi) is 2.94. The monoisotopic (exact) mass is 271 g/mol. The van der Waals surface area contributed by atoms with Gasteiger partial charge in [-0.05, 0) is 12.1 Å². The summed E-state index contributed by atoms with van der Waals surface area (Å²) in [6.07, 6.45) is 3.28.